The summed E-state index contributed by atoms with van der Waals surface area (Å²) in [5.74, 6) is 0.747. The fourth-order valence-corrected chi connectivity index (χ4v) is 1.55. The molecule has 1 atom stereocenters. The highest BCUT2D eigenvalue weighted by molar-refractivity contribution is 6.42. The van der Waals surface area contributed by atoms with Crippen molar-refractivity contribution in [3.05, 3.63) is 27.7 Å². The van der Waals surface area contributed by atoms with Crippen molar-refractivity contribution in [2.45, 2.75) is 6.04 Å². The van der Waals surface area contributed by atoms with Crippen molar-refractivity contribution in [1.82, 2.24) is 0 Å². The van der Waals surface area contributed by atoms with E-state index in [0.717, 1.165) is 11.3 Å². The van der Waals surface area contributed by atoms with Crippen LogP contribution in [0, 0.1) is 0 Å². The lowest BCUT2D eigenvalue weighted by Crippen LogP contribution is -2.10. The van der Waals surface area contributed by atoms with Gasteiger partial charge in [0.25, 0.3) is 0 Å². The zero-order valence-electron chi connectivity index (χ0n) is 6.59. The van der Waals surface area contributed by atoms with Gasteiger partial charge in [-0.1, -0.05) is 23.2 Å². The summed E-state index contributed by atoms with van der Waals surface area (Å²) in [6, 6.07) is 3.39. The summed E-state index contributed by atoms with van der Waals surface area (Å²) in [6.07, 6.45) is 0. The van der Waals surface area contributed by atoms with Crippen molar-refractivity contribution in [3.63, 3.8) is 0 Å². The number of rotatable bonds is 0. The van der Waals surface area contributed by atoms with E-state index >= 15 is 0 Å². The number of nitrogens with two attached hydrogens (primary N) is 1. The SMILES string of the molecule is Cl.NC1COc2cc(Cl)c(Cl)cc21. The van der Waals surface area contributed by atoms with Crippen LogP contribution in [0.4, 0.5) is 0 Å². The van der Waals surface area contributed by atoms with Gasteiger partial charge in [-0.15, -0.1) is 12.4 Å². The molecule has 13 heavy (non-hydrogen) atoms. The number of benzene rings is 1. The minimum Gasteiger partial charge on any atom is -0.491 e. The second kappa shape index (κ2) is 3.93. The molecule has 2 rings (SSSR count). The highest BCUT2D eigenvalue weighted by Gasteiger charge is 2.21. The molecule has 1 aliphatic rings. The summed E-state index contributed by atoms with van der Waals surface area (Å²) < 4.78 is 5.28. The lowest BCUT2D eigenvalue weighted by atomic mass is 10.1. The summed E-state index contributed by atoms with van der Waals surface area (Å²) >= 11 is 11.6. The van der Waals surface area contributed by atoms with E-state index in [0.29, 0.717) is 16.7 Å². The Kier molecular flexibility index (Phi) is 3.30. The first kappa shape index (κ1) is 10.9. The number of hydrogen-bond acceptors (Lipinski definition) is 2. The third-order valence-corrected chi connectivity index (χ3v) is 2.59. The molecule has 2 N–H and O–H groups in total. The summed E-state index contributed by atoms with van der Waals surface area (Å²) in [7, 11) is 0. The molecule has 0 spiro atoms. The van der Waals surface area contributed by atoms with Gasteiger partial charge < -0.3 is 10.5 Å². The molecule has 0 aromatic heterocycles. The Morgan fingerprint density at radius 2 is 1.92 bits per heavy atom. The number of fused-ring (bicyclic) bond motifs is 1. The van der Waals surface area contributed by atoms with Gasteiger partial charge in [-0.3, -0.25) is 0 Å². The van der Waals surface area contributed by atoms with Gasteiger partial charge in [0, 0.05) is 11.6 Å². The van der Waals surface area contributed by atoms with Crippen LogP contribution >= 0.6 is 35.6 Å². The highest BCUT2D eigenvalue weighted by atomic mass is 35.5. The first-order chi connectivity index (χ1) is 5.68. The van der Waals surface area contributed by atoms with Gasteiger partial charge in [0.15, 0.2) is 0 Å². The van der Waals surface area contributed by atoms with Crippen molar-refractivity contribution in [1.29, 1.82) is 0 Å². The van der Waals surface area contributed by atoms with E-state index in [-0.39, 0.29) is 18.4 Å². The zero-order valence-corrected chi connectivity index (χ0v) is 8.92. The largest absolute Gasteiger partial charge is 0.491 e. The van der Waals surface area contributed by atoms with Crippen LogP contribution in [0.15, 0.2) is 12.1 Å². The van der Waals surface area contributed by atoms with Crippen molar-refractivity contribution >= 4 is 35.6 Å². The quantitative estimate of drug-likeness (QED) is 0.757. The fourth-order valence-electron chi connectivity index (χ4n) is 1.23. The van der Waals surface area contributed by atoms with Crippen molar-refractivity contribution in [2.24, 2.45) is 5.73 Å². The molecule has 0 radical (unpaired) electrons. The van der Waals surface area contributed by atoms with E-state index in [1.165, 1.54) is 0 Å². The predicted molar refractivity (Wildman–Crippen MR) is 56.1 cm³/mol. The summed E-state index contributed by atoms with van der Waals surface area (Å²) in [5.41, 5.74) is 6.67. The molecule has 2 nitrogen and oxygen atoms in total. The number of ether oxygens (including phenoxy) is 1. The van der Waals surface area contributed by atoms with Crippen LogP contribution in [0.25, 0.3) is 0 Å². The van der Waals surface area contributed by atoms with Gasteiger partial charge in [-0.25, -0.2) is 0 Å². The first-order valence-electron chi connectivity index (χ1n) is 3.56. The van der Waals surface area contributed by atoms with E-state index in [1.54, 1.807) is 12.1 Å². The molecule has 1 unspecified atom stereocenters. The topological polar surface area (TPSA) is 35.2 Å². The number of hydrogen-bond donors (Lipinski definition) is 1. The van der Waals surface area contributed by atoms with Crippen LogP contribution in [0.2, 0.25) is 10.0 Å². The van der Waals surface area contributed by atoms with E-state index in [9.17, 15) is 0 Å². The van der Waals surface area contributed by atoms with Crippen LogP contribution in [-0.2, 0) is 0 Å². The number of halogens is 3. The molecule has 0 saturated heterocycles. The average molecular weight is 241 g/mol. The van der Waals surface area contributed by atoms with Crippen LogP contribution in [0.3, 0.4) is 0 Å². The lowest BCUT2D eigenvalue weighted by Gasteiger charge is -2.02. The highest BCUT2D eigenvalue weighted by Crippen LogP contribution is 2.37. The third kappa shape index (κ3) is 1.86. The van der Waals surface area contributed by atoms with Crippen molar-refractivity contribution in [3.8, 4) is 5.75 Å². The maximum absolute atomic E-state index is 5.81. The van der Waals surface area contributed by atoms with Crippen LogP contribution < -0.4 is 10.5 Å². The molecular weight excluding hydrogens is 232 g/mol. The molecule has 5 heteroatoms. The molecule has 0 bridgehead atoms. The summed E-state index contributed by atoms with van der Waals surface area (Å²) in [6.45, 7) is 0.506. The third-order valence-electron chi connectivity index (χ3n) is 1.87. The van der Waals surface area contributed by atoms with Gasteiger partial charge in [0.2, 0.25) is 0 Å². The Labute approximate surface area is 92.4 Å². The Hall–Kier alpha value is -0.150. The molecule has 1 aliphatic heterocycles. The smallest absolute Gasteiger partial charge is 0.125 e. The van der Waals surface area contributed by atoms with E-state index in [4.69, 9.17) is 33.7 Å². The Morgan fingerprint density at radius 1 is 1.31 bits per heavy atom. The summed E-state index contributed by atoms with van der Waals surface area (Å²) in [4.78, 5) is 0. The van der Waals surface area contributed by atoms with Gasteiger partial charge >= 0.3 is 0 Å². The Balaban J connectivity index is 0.000000845. The molecule has 0 aliphatic carbocycles. The predicted octanol–water partition coefficient (Wildman–Crippen LogP) is 2.81. The normalized spacial score (nSPS) is 18.8. The van der Waals surface area contributed by atoms with Crippen molar-refractivity contribution < 1.29 is 4.74 Å². The Bertz CT molecular complexity index is 329. The van der Waals surface area contributed by atoms with Gasteiger partial charge in [0.05, 0.1) is 16.1 Å². The molecule has 1 aromatic rings. The standard InChI is InChI=1S/C8H7Cl2NO.ClH/c9-5-1-4-7(11)3-12-8(4)2-6(5)10;/h1-2,7H,3,11H2;1H. The molecule has 0 amide bonds. The Morgan fingerprint density at radius 3 is 2.62 bits per heavy atom. The molecular formula is C8H8Cl3NO. The molecule has 0 fully saturated rings. The van der Waals surface area contributed by atoms with Crippen molar-refractivity contribution in [2.75, 3.05) is 6.61 Å². The maximum atomic E-state index is 5.81. The van der Waals surface area contributed by atoms with E-state index in [2.05, 4.69) is 0 Å². The lowest BCUT2D eigenvalue weighted by molar-refractivity contribution is 0.333. The van der Waals surface area contributed by atoms with Gasteiger partial charge in [0.1, 0.15) is 12.4 Å². The van der Waals surface area contributed by atoms with E-state index < -0.39 is 0 Å². The second-order valence-corrected chi connectivity index (χ2v) is 3.54. The summed E-state index contributed by atoms with van der Waals surface area (Å²) in [5, 5.41) is 1.03. The molecule has 72 valence electrons. The zero-order chi connectivity index (χ0) is 8.72. The van der Waals surface area contributed by atoms with Gasteiger partial charge in [-0.2, -0.15) is 0 Å². The molecule has 0 saturated carbocycles. The van der Waals surface area contributed by atoms with E-state index in [1.807, 2.05) is 0 Å². The van der Waals surface area contributed by atoms with Crippen LogP contribution in [0.1, 0.15) is 11.6 Å². The maximum Gasteiger partial charge on any atom is 0.125 e. The van der Waals surface area contributed by atoms with Gasteiger partial charge in [-0.05, 0) is 6.07 Å². The fraction of sp³-hybridized carbons (Fsp3) is 0.250. The molecule has 1 aromatic carbocycles. The second-order valence-electron chi connectivity index (χ2n) is 2.72. The van der Waals surface area contributed by atoms with Crippen LogP contribution in [-0.4, -0.2) is 6.61 Å². The first-order valence-corrected chi connectivity index (χ1v) is 4.31. The average Bonchev–Trinajstić information content (AvgIpc) is 2.35. The monoisotopic (exact) mass is 239 g/mol. The molecule has 1 heterocycles. The van der Waals surface area contributed by atoms with Crippen LogP contribution in [0.5, 0.6) is 5.75 Å². The minimum atomic E-state index is -0.0743. The minimum absolute atomic E-state index is 0.